The second kappa shape index (κ2) is 5.68. The smallest absolute Gasteiger partial charge is 0.157 e. The molecule has 5 N–H and O–H groups in total. The average molecular weight is 341 g/mol. The molecule has 5 aromatic rings. The number of pyridine rings is 1. The molecule has 0 amide bonds. The normalized spacial score (nSPS) is 11.3. The van der Waals surface area contributed by atoms with Gasteiger partial charge in [-0.25, -0.2) is 9.97 Å². The van der Waals surface area contributed by atoms with Gasteiger partial charge in [0.25, 0.3) is 0 Å². The van der Waals surface area contributed by atoms with Crippen molar-refractivity contribution in [1.29, 1.82) is 0 Å². The minimum absolute atomic E-state index is 0.751. The SMILES string of the molecule is NNc1ccc2nc(-c3ccc4nc(-c5ccccn5)[nH]c4c3)[nH]c2c1. The molecule has 5 rings (SSSR count). The summed E-state index contributed by atoms with van der Waals surface area (Å²) in [5.74, 6) is 7.02. The first-order valence-corrected chi connectivity index (χ1v) is 8.18. The molecule has 0 fully saturated rings. The van der Waals surface area contributed by atoms with Crippen molar-refractivity contribution in [2.75, 3.05) is 5.43 Å². The predicted molar refractivity (Wildman–Crippen MR) is 102 cm³/mol. The number of anilines is 1. The monoisotopic (exact) mass is 341 g/mol. The van der Waals surface area contributed by atoms with E-state index in [1.54, 1.807) is 6.20 Å². The summed E-state index contributed by atoms with van der Waals surface area (Å²) in [6.07, 6.45) is 1.76. The second-order valence-electron chi connectivity index (χ2n) is 5.99. The van der Waals surface area contributed by atoms with Gasteiger partial charge < -0.3 is 15.4 Å². The maximum Gasteiger partial charge on any atom is 0.157 e. The Morgan fingerprint density at radius 1 is 0.808 bits per heavy atom. The first-order valence-electron chi connectivity index (χ1n) is 8.18. The van der Waals surface area contributed by atoms with Crippen molar-refractivity contribution in [3.8, 4) is 22.9 Å². The van der Waals surface area contributed by atoms with Crippen molar-refractivity contribution >= 4 is 27.8 Å². The van der Waals surface area contributed by atoms with Crippen LogP contribution in [-0.2, 0) is 0 Å². The number of H-pyrrole nitrogens is 2. The summed E-state index contributed by atoms with van der Waals surface area (Å²) in [5.41, 5.74) is 8.91. The number of nitrogens with zero attached hydrogens (tertiary/aromatic N) is 3. The van der Waals surface area contributed by atoms with Crippen molar-refractivity contribution in [3.05, 3.63) is 60.8 Å². The maximum atomic E-state index is 5.47. The molecular formula is C19H15N7. The van der Waals surface area contributed by atoms with Gasteiger partial charge in [-0.05, 0) is 48.5 Å². The van der Waals surface area contributed by atoms with Crippen molar-refractivity contribution in [2.24, 2.45) is 5.84 Å². The van der Waals surface area contributed by atoms with E-state index in [4.69, 9.17) is 5.84 Å². The third-order valence-electron chi connectivity index (χ3n) is 4.31. The number of aromatic nitrogens is 5. The lowest BCUT2D eigenvalue weighted by atomic mass is 10.2. The van der Waals surface area contributed by atoms with E-state index in [1.807, 2.05) is 54.6 Å². The molecule has 0 saturated carbocycles. The van der Waals surface area contributed by atoms with E-state index in [0.29, 0.717) is 0 Å². The predicted octanol–water partition coefficient (Wildman–Crippen LogP) is 3.45. The number of rotatable bonds is 3. The number of aromatic amines is 2. The van der Waals surface area contributed by atoms with E-state index in [1.165, 1.54) is 0 Å². The second-order valence-corrected chi connectivity index (χ2v) is 5.99. The van der Waals surface area contributed by atoms with Crippen LogP contribution in [0.3, 0.4) is 0 Å². The molecule has 3 aromatic heterocycles. The molecule has 7 heteroatoms. The van der Waals surface area contributed by atoms with Crippen LogP contribution in [0, 0.1) is 0 Å². The van der Waals surface area contributed by atoms with Gasteiger partial charge in [-0.1, -0.05) is 6.07 Å². The van der Waals surface area contributed by atoms with E-state index in [2.05, 4.69) is 30.3 Å². The summed E-state index contributed by atoms with van der Waals surface area (Å²) in [5, 5.41) is 0. The largest absolute Gasteiger partial charge is 0.338 e. The van der Waals surface area contributed by atoms with E-state index < -0.39 is 0 Å². The van der Waals surface area contributed by atoms with E-state index in [0.717, 1.165) is 50.7 Å². The first-order chi connectivity index (χ1) is 12.8. The minimum Gasteiger partial charge on any atom is -0.338 e. The van der Waals surface area contributed by atoms with Crippen LogP contribution in [0.15, 0.2) is 60.8 Å². The Hall–Kier alpha value is -3.71. The highest BCUT2D eigenvalue weighted by molar-refractivity contribution is 5.86. The molecule has 0 saturated heterocycles. The fraction of sp³-hybridized carbons (Fsp3) is 0. The molecule has 0 unspecified atom stereocenters. The van der Waals surface area contributed by atoms with Crippen molar-refractivity contribution in [3.63, 3.8) is 0 Å². The van der Waals surface area contributed by atoms with Gasteiger partial charge in [-0.15, -0.1) is 0 Å². The highest BCUT2D eigenvalue weighted by atomic mass is 15.2. The van der Waals surface area contributed by atoms with Gasteiger partial charge in [0.05, 0.1) is 27.8 Å². The van der Waals surface area contributed by atoms with E-state index in [-0.39, 0.29) is 0 Å². The topological polar surface area (TPSA) is 108 Å². The lowest BCUT2D eigenvalue weighted by Crippen LogP contribution is -2.05. The van der Waals surface area contributed by atoms with Gasteiger partial charge in [0.1, 0.15) is 11.5 Å². The van der Waals surface area contributed by atoms with Gasteiger partial charge in [-0.2, -0.15) is 0 Å². The molecule has 0 aliphatic rings. The van der Waals surface area contributed by atoms with Crippen molar-refractivity contribution in [2.45, 2.75) is 0 Å². The third-order valence-corrected chi connectivity index (χ3v) is 4.31. The molecular weight excluding hydrogens is 326 g/mol. The van der Waals surface area contributed by atoms with Crippen LogP contribution >= 0.6 is 0 Å². The van der Waals surface area contributed by atoms with Gasteiger partial charge in [0, 0.05) is 11.8 Å². The van der Waals surface area contributed by atoms with Crippen LogP contribution < -0.4 is 11.3 Å². The summed E-state index contributed by atoms with van der Waals surface area (Å²) in [6, 6.07) is 17.5. The van der Waals surface area contributed by atoms with Gasteiger partial charge in [0.15, 0.2) is 5.82 Å². The zero-order valence-electron chi connectivity index (χ0n) is 13.7. The number of benzene rings is 2. The molecule has 0 aliphatic heterocycles. The fourth-order valence-corrected chi connectivity index (χ4v) is 3.02. The molecule has 2 aromatic carbocycles. The molecule has 0 bridgehead atoms. The zero-order valence-corrected chi connectivity index (χ0v) is 13.7. The van der Waals surface area contributed by atoms with Crippen LogP contribution in [0.2, 0.25) is 0 Å². The first kappa shape index (κ1) is 14.6. The standard InChI is InChI=1S/C19H15N7/c20-26-12-5-7-14-17(10-12)24-18(22-14)11-4-6-13-16(9-11)25-19(23-13)15-3-1-2-8-21-15/h1-10,26H,20H2,(H,22,24)(H,23,25). The van der Waals surface area contributed by atoms with Crippen LogP contribution in [0.5, 0.6) is 0 Å². The lowest BCUT2D eigenvalue weighted by molar-refractivity contribution is 1.24. The number of hydrazine groups is 1. The lowest BCUT2D eigenvalue weighted by Gasteiger charge is -1.97. The Morgan fingerprint density at radius 2 is 1.58 bits per heavy atom. The number of fused-ring (bicyclic) bond motifs is 2. The number of imidazole rings is 2. The molecule has 126 valence electrons. The number of hydrogen-bond donors (Lipinski definition) is 4. The summed E-state index contributed by atoms with van der Waals surface area (Å²) in [6.45, 7) is 0. The zero-order chi connectivity index (χ0) is 17.5. The Kier molecular flexibility index (Phi) is 3.19. The maximum absolute atomic E-state index is 5.47. The molecule has 7 nitrogen and oxygen atoms in total. The summed E-state index contributed by atoms with van der Waals surface area (Å²) in [7, 11) is 0. The Morgan fingerprint density at radius 3 is 2.38 bits per heavy atom. The number of hydrogen-bond acceptors (Lipinski definition) is 5. The summed E-state index contributed by atoms with van der Waals surface area (Å²) >= 11 is 0. The number of nitrogens with one attached hydrogen (secondary N) is 3. The molecule has 26 heavy (non-hydrogen) atoms. The quantitative estimate of drug-likeness (QED) is 0.297. The highest BCUT2D eigenvalue weighted by Crippen LogP contribution is 2.26. The Balaban J connectivity index is 1.59. The average Bonchev–Trinajstić information content (AvgIpc) is 3.31. The van der Waals surface area contributed by atoms with E-state index >= 15 is 0 Å². The van der Waals surface area contributed by atoms with E-state index in [9.17, 15) is 0 Å². The molecule has 3 heterocycles. The molecule has 0 radical (unpaired) electrons. The Bertz CT molecular complexity index is 1220. The number of nitrogens with two attached hydrogens (primary N) is 1. The van der Waals surface area contributed by atoms with Gasteiger partial charge >= 0.3 is 0 Å². The van der Waals surface area contributed by atoms with Gasteiger partial charge in [-0.3, -0.25) is 10.8 Å². The van der Waals surface area contributed by atoms with Crippen LogP contribution in [0.1, 0.15) is 0 Å². The van der Waals surface area contributed by atoms with Crippen molar-refractivity contribution in [1.82, 2.24) is 24.9 Å². The summed E-state index contributed by atoms with van der Waals surface area (Å²) < 4.78 is 0. The number of nitrogen functional groups attached to an aromatic ring is 1. The molecule has 0 aliphatic carbocycles. The summed E-state index contributed by atoms with van der Waals surface area (Å²) in [4.78, 5) is 20.3. The van der Waals surface area contributed by atoms with Crippen LogP contribution in [0.25, 0.3) is 45.0 Å². The van der Waals surface area contributed by atoms with Gasteiger partial charge in [0.2, 0.25) is 0 Å². The third kappa shape index (κ3) is 2.38. The van der Waals surface area contributed by atoms with Crippen LogP contribution in [0.4, 0.5) is 5.69 Å². The minimum atomic E-state index is 0.751. The Labute approximate surface area is 148 Å². The molecule has 0 spiro atoms. The fourth-order valence-electron chi connectivity index (χ4n) is 3.02. The van der Waals surface area contributed by atoms with Crippen LogP contribution in [-0.4, -0.2) is 24.9 Å². The van der Waals surface area contributed by atoms with Crippen molar-refractivity contribution < 1.29 is 0 Å². The highest BCUT2D eigenvalue weighted by Gasteiger charge is 2.10. The molecule has 0 atom stereocenters.